The Labute approximate surface area is 197 Å². The molecule has 0 unspecified atom stereocenters. The molecule has 33 heavy (non-hydrogen) atoms. The van der Waals surface area contributed by atoms with Crippen LogP contribution < -0.4 is 0 Å². The van der Waals surface area contributed by atoms with Crippen LogP contribution in [0.4, 0.5) is 8.78 Å². The van der Waals surface area contributed by atoms with E-state index in [1.54, 1.807) is 20.8 Å². The van der Waals surface area contributed by atoms with Gasteiger partial charge in [-0.25, -0.2) is 8.78 Å². The molecule has 9 atom stereocenters. The van der Waals surface area contributed by atoms with Gasteiger partial charge in [-0.3, -0.25) is 14.4 Å². The average molecular weight is 485 g/mol. The second kappa shape index (κ2) is 7.70. The highest BCUT2D eigenvalue weighted by molar-refractivity contribution is 6.29. The molecule has 0 aliphatic heterocycles. The van der Waals surface area contributed by atoms with Gasteiger partial charge < -0.3 is 9.84 Å². The summed E-state index contributed by atoms with van der Waals surface area (Å²) in [6.07, 6.45) is 0.584. The molecule has 0 aromatic rings. The third-order valence-corrected chi connectivity index (χ3v) is 9.51. The molecular formula is C25H31ClF2O5. The number of ether oxygens (including phenoxy) is 1. The fourth-order valence-corrected chi connectivity index (χ4v) is 7.94. The number of aliphatic hydroxyl groups excluding tert-OH is 1. The molecular weight excluding hydrogens is 454 g/mol. The summed E-state index contributed by atoms with van der Waals surface area (Å²) < 4.78 is 38.5. The highest BCUT2D eigenvalue weighted by atomic mass is 35.5. The van der Waals surface area contributed by atoms with Crippen LogP contribution in [-0.4, -0.2) is 52.1 Å². The minimum atomic E-state index is -2.25. The molecule has 5 nitrogen and oxygen atoms in total. The number of carbonyl (C=O) groups is 3. The number of hydrogen-bond acceptors (Lipinski definition) is 5. The highest BCUT2D eigenvalue weighted by Crippen LogP contribution is 2.71. The number of fused-ring (bicyclic) bond motifs is 5. The van der Waals surface area contributed by atoms with Crippen LogP contribution in [0.3, 0.4) is 0 Å². The molecule has 0 bridgehead atoms. The highest BCUT2D eigenvalue weighted by Gasteiger charge is 2.77. The molecule has 0 aromatic carbocycles. The van der Waals surface area contributed by atoms with Crippen LogP contribution in [0.5, 0.6) is 0 Å². The van der Waals surface area contributed by atoms with Gasteiger partial charge in [-0.1, -0.05) is 26.8 Å². The number of carbonyl (C=O) groups excluding carboxylic acids is 3. The number of hydrogen-bond donors (Lipinski definition) is 1. The van der Waals surface area contributed by atoms with E-state index < -0.39 is 75.5 Å². The minimum absolute atomic E-state index is 0.0431. The summed E-state index contributed by atoms with van der Waals surface area (Å²) in [4.78, 5) is 37.7. The molecule has 4 rings (SSSR count). The van der Waals surface area contributed by atoms with Crippen molar-refractivity contribution in [2.45, 2.75) is 76.9 Å². The first-order chi connectivity index (χ1) is 15.3. The number of rotatable bonds is 4. The molecule has 8 heteroatoms. The van der Waals surface area contributed by atoms with Crippen molar-refractivity contribution in [1.29, 1.82) is 0 Å². The van der Waals surface area contributed by atoms with Crippen LogP contribution in [0.1, 0.15) is 53.4 Å². The molecule has 3 saturated carbocycles. The number of ketones is 2. The Bertz CT molecular complexity index is 964. The summed E-state index contributed by atoms with van der Waals surface area (Å²) >= 11 is 5.97. The second-order valence-corrected chi connectivity index (χ2v) is 10.9. The maximum Gasteiger partial charge on any atom is 0.306 e. The zero-order valence-corrected chi connectivity index (χ0v) is 20.1. The zero-order chi connectivity index (χ0) is 24.6. The van der Waals surface area contributed by atoms with Crippen molar-refractivity contribution in [2.75, 3.05) is 5.88 Å². The Kier molecular flexibility index (Phi) is 5.73. The lowest BCUT2D eigenvalue weighted by Crippen LogP contribution is -2.71. The van der Waals surface area contributed by atoms with E-state index >= 15 is 8.78 Å². The van der Waals surface area contributed by atoms with Crippen LogP contribution >= 0.6 is 11.6 Å². The Balaban J connectivity index is 1.88. The zero-order valence-electron chi connectivity index (χ0n) is 19.4. The summed E-state index contributed by atoms with van der Waals surface area (Å²) in [5, 5.41) is 11.4. The normalized spacial score (nSPS) is 48.4. The van der Waals surface area contributed by atoms with Gasteiger partial charge in [0.1, 0.15) is 6.17 Å². The van der Waals surface area contributed by atoms with Gasteiger partial charge in [0.15, 0.2) is 22.8 Å². The molecule has 182 valence electrons. The van der Waals surface area contributed by atoms with Gasteiger partial charge in [0.2, 0.25) is 0 Å². The van der Waals surface area contributed by atoms with E-state index in [1.807, 2.05) is 0 Å². The number of allylic oxidation sites excluding steroid dienone is 4. The minimum Gasteiger partial charge on any atom is -0.450 e. The predicted molar refractivity (Wildman–Crippen MR) is 118 cm³/mol. The number of esters is 1. The standard InChI is InChI=1S/C25H31ClF2O5/c1-5-21(32)33-25(20(31)12-26)13(2)8-15-16-10-18(27)17-9-14(29)6-7-22(17,3)24(16,28)19(30)11-23(15,25)4/h6-7,9,13,15-16,18-19,30H,5,8,10-12H2,1-4H3/t13-,15+,16+,18-,19-,22-,23-,24+,25+/m0/s1. The van der Waals surface area contributed by atoms with Gasteiger partial charge >= 0.3 is 5.97 Å². The lowest BCUT2D eigenvalue weighted by molar-refractivity contribution is -0.230. The largest absolute Gasteiger partial charge is 0.450 e. The smallest absolute Gasteiger partial charge is 0.306 e. The number of alkyl halides is 3. The van der Waals surface area contributed by atoms with Crippen molar-refractivity contribution in [2.24, 2.45) is 28.6 Å². The fourth-order valence-electron chi connectivity index (χ4n) is 7.74. The molecule has 4 aliphatic carbocycles. The van der Waals surface area contributed by atoms with Crippen LogP contribution in [0, 0.1) is 28.6 Å². The maximum absolute atomic E-state index is 17.2. The molecule has 0 saturated heterocycles. The summed E-state index contributed by atoms with van der Waals surface area (Å²) in [6.45, 7) is 6.64. The van der Waals surface area contributed by atoms with Crippen LogP contribution in [0.15, 0.2) is 23.8 Å². The third kappa shape index (κ3) is 2.87. The van der Waals surface area contributed by atoms with Crippen molar-refractivity contribution >= 4 is 29.1 Å². The Hall–Kier alpha value is -1.60. The monoisotopic (exact) mass is 484 g/mol. The third-order valence-electron chi connectivity index (χ3n) is 9.27. The molecule has 0 aromatic heterocycles. The first-order valence-electron chi connectivity index (χ1n) is 11.6. The van der Waals surface area contributed by atoms with E-state index in [2.05, 4.69) is 0 Å². The summed E-state index contributed by atoms with van der Waals surface area (Å²) in [7, 11) is 0. The van der Waals surface area contributed by atoms with Gasteiger partial charge in [0.05, 0.1) is 12.0 Å². The SMILES string of the molecule is CCC(=O)O[C@@]1(C(=O)CCl)[C@@H](C)C[C@@H]2[C@H]3C[C@H](F)C4=CC(=O)C=C[C@]4(C)[C@]3(F)[C@@H](O)C[C@@]21C. The van der Waals surface area contributed by atoms with E-state index in [1.165, 1.54) is 19.1 Å². The van der Waals surface area contributed by atoms with E-state index in [0.717, 1.165) is 6.08 Å². The van der Waals surface area contributed by atoms with Crippen LogP contribution in [0.2, 0.25) is 0 Å². The molecule has 0 spiro atoms. The average Bonchev–Trinajstić information content (AvgIpc) is 2.98. The summed E-state index contributed by atoms with van der Waals surface area (Å²) in [5.41, 5.74) is -6.47. The van der Waals surface area contributed by atoms with Crippen LogP contribution in [0.25, 0.3) is 0 Å². The quantitative estimate of drug-likeness (QED) is 0.481. The molecule has 0 radical (unpaired) electrons. The van der Waals surface area contributed by atoms with E-state index in [9.17, 15) is 19.5 Å². The summed E-state index contributed by atoms with van der Waals surface area (Å²) in [5.74, 6) is -3.84. The van der Waals surface area contributed by atoms with Crippen molar-refractivity contribution in [3.05, 3.63) is 23.8 Å². The molecule has 0 heterocycles. The van der Waals surface area contributed by atoms with E-state index in [-0.39, 0.29) is 24.8 Å². The first-order valence-corrected chi connectivity index (χ1v) is 12.1. The summed E-state index contributed by atoms with van der Waals surface area (Å²) in [6, 6.07) is 0. The lowest BCUT2D eigenvalue weighted by Gasteiger charge is -2.63. The van der Waals surface area contributed by atoms with Gasteiger partial charge in [-0.2, -0.15) is 0 Å². The Morgan fingerprint density at radius 1 is 1.27 bits per heavy atom. The lowest BCUT2D eigenvalue weighted by atomic mass is 9.44. The van der Waals surface area contributed by atoms with Gasteiger partial charge in [-0.15, -0.1) is 11.6 Å². The first kappa shape index (κ1) is 24.5. The molecule has 0 amide bonds. The molecule has 1 N–H and O–H groups in total. The Morgan fingerprint density at radius 2 is 1.94 bits per heavy atom. The number of aliphatic hydroxyl groups is 1. The van der Waals surface area contributed by atoms with Crippen molar-refractivity contribution in [3.63, 3.8) is 0 Å². The van der Waals surface area contributed by atoms with Crippen molar-refractivity contribution in [3.8, 4) is 0 Å². The second-order valence-electron chi connectivity index (χ2n) is 10.6. The van der Waals surface area contributed by atoms with E-state index in [0.29, 0.717) is 6.42 Å². The molecule has 3 fully saturated rings. The fraction of sp³-hybridized carbons (Fsp3) is 0.720. The van der Waals surface area contributed by atoms with Gasteiger partial charge in [-0.05, 0) is 49.8 Å². The number of halogens is 3. The number of Topliss-reactive ketones (excluding diaryl/α,β-unsaturated/α-hetero) is 1. The van der Waals surface area contributed by atoms with Crippen LogP contribution in [-0.2, 0) is 19.1 Å². The van der Waals surface area contributed by atoms with Crippen molar-refractivity contribution < 1.29 is 33.0 Å². The topological polar surface area (TPSA) is 80.7 Å². The van der Waals surface area contributed by atoms with E-state index in [4.69, 9.17) is 16.3 Å². The van der Waals surface area contributed by atoms with Crippen molar-refractivity contribution in [1.82, 2.24) is 0 Å². The van der Waals surface area contributed by atoms with Gasteiger partial charge in [0.25, 0.3) is 0 Å². The maximum atomic E-state index is 17.2. The Morgan fingerprint density at radius 3 is 2.55 bits per heavy atom. The molecule has 4 aliphatic rings. The predicted octanol–water partition coefficient (Wildman–Crippen LogP) is 4.05. The van der Waals surface area contributed by atoms with Gasteiger partial charge in [0, 0.05) is 29.1 Å².